The van der Waals surface area contributed by atoms with Crippen molar-refractivity contribution >= 4 is 22.7 Å². The lowest BCUT2D eigenvalue weighted by molar-refractivity contribution is 0.123. The van der Waals surface area contributed by atoms with Crippen LogP contribution < -0.4 is 10.2 Å². The molecule has 0 aliphatic carbocycles. The Hall–Kier alpha value is -1.59. The van der Waals surface area contributed by atoms with Gasteiger partial charge in [0.25, 0.3) is 0 Å². The lowest BCUT2D eigenvalue weighted by Gasteiger charge is -2.30. The lowest BCUT2D eigenvalue weighted by Crippen LogP contribution is -2.36. The average Bonchev–Trinajstić information content (AvgIpc) is 3.00. The number of anilines is 2. The number of hydrogen-bond donors (Lipinski definition) is 1. The molecule has 1 aromatic carbocycles. The Bertz CT molecular complexity index is 509. The third-order valence-corrected chi connectivity index (χ3v) is 3.97. The molecule has 0 radical (unpaired) electrons. The first-order chi connectivity index (χ1) is 9.43. The fourth-order valence-electron chi connectivity index (χ4n) is 2.21. The summed E-state index contributed by atoms with van der Waals surface area (Å²) in [6.07, 6.45) is 1.91. The third kappa shape index (κ3) is 3.05. The largest absolute Gasteiger partial charge is 0.378 e. The first-order valence-electron chi connectivity index (χ1n) is 6.46. The monoisotopic (exact) mass is 275 g/mol. The zero-order valence-electron chi connectivity index (χ0n) is 10.7. The molecule has 4 nitrogen and oxygen atoms in total. The molecule has 1 aromatic heterocycles. The Morgan fingerprint density at radius 1 is 1.26 bits per heavy atom. The van der Waals surface area contributed by atoms with Gasteiger partial charge in [-0.05, 0) is 12.1 Å². The van der Waals surface area contributed by atoms with Crippen LogP contribution in [0.25, 0.3) is 0 Å². The van der Waals surface area contributed by atoms with Crippen molar-refractivity contribution < 1.29 is 4.74 Å². The molecule has 100 valence electrons. The van der Waals surface area contributed by atoms with Gasteiger partial charge in [-0.2, -0.15) is 0 Å². The molecular formula is C14H17N3OS. The van der Waals surface area contributed by atoms with Gasteiger partial charge >= 0.3 is 0 Å². The van der Waals surface area contributed by atoms with Crippen molar-refractivity contribution in [1.82, 2.24) is 4.98 Å². The maximum atomic E-state index is 5.41. The van der Waals surface area contributed by atoms with E-state index < -0.39 is 0 Å². The first kappa shape index (κ1) is 12.4. The van der Waals surface area contributed by atoms with E-state index >= 15 is 0 Å². The Kier molecular flexibility index (Phi) is 3.95. The summed E-state index contributed by atoms with van der Waals surface area (Å²) in [6, 6.07) is 8.45. The van der Waals surface area contributed by atoms with Gasteiger partial charge in [0, 0.05) is 24.2 Å². The molecule has 5 heteroatoms. The quantitative estimate of drug-likeness (QED) is 0.930. The van der Waals surface area contributed by atoms with Gasteiger partial charge in [-0.3, -0.25) is 4.98 Å². The predicted octanol–water partition coefficient (Wildman–Crippen LogP) is 2.59. The normalized spacial score (nSPS) is 15.5. The Labute approximate surface area is 117 Å². The SMILES string of the molecule is c1ccc(N2CCOCC2)c(NCc2cncs2)c1. The van der Waals surface area contributed by atoms with Crippen LogP contribution in [0.2, 0.25) is 0 Å². The standard InChI is InChI=1S/C14H17N3OS/c1-2-4-14(17-5-7-18-8-6-17)13(3-1)16-10-12-9-15-11-19-12/h1-4,9,11,16H,5-8,10H2. The van der Waals surface area contributed by atoms with E-state index in [4.69, 9.17) is 4.74 Å². The molecule has 0 saturated carbocycles. The molecule has 0 bridgehead atoms. The van der Waals surface area contributed by atoms with E-state index in [1.54, 1.807) is 11.3 Å². The second-order valence-corrected chi connectivity index (χ2v) is 5.41. The zero-order valence-corrected chi connectivity index (χ0v) is 11.5. The number of ether oxygens (including phenoxy) is 1. The Balaban J connectivity index is 1.73. The van der Waals surface area contributed by atoms with Crippen molar-refractivity contribution in [1.29, 1.82) is 0 Å². The second kappa shape index (κ2) is 6.04. The summed E-state index contributed by atoms with van der Waals surface area (Å²) in [5, 5.41) is 3.50. The number of thiazole rings is 1. The van der Waals surface area contributed by atoms with E-state index in [-0.39, 0.29) is 0 Å². The van der Waals surface area contributed by atoms with Gasteiger partial charge in [0.1, 0.15) is 0 Å². The van der Waals surface area contributed by atoms with E-state index in [2.05, 4.69) is 39.5 Å². The summed E-state index contributed by atoms with van der Waals surface area (Å²) >= 11 is 1.68. The molecule has 0 unspecified atom stereocenters. The number of morpholine rings is 1. The van der Waals surface area contributed by atoms with E-state index in [1.165, 1.54) is 16.3 Å². The Morgan fingerprint density at radius 2 is 2.11 bits per heavy atom. The number of aromatic nitrogens is 1. The molecule has 0 amide bonds. The number of hydrogen-bond acceptors (Lipinski definition) is 5. The van der Waals surface area contributed by atoms with Gasteiger partial charge in [0.15, 0.2) is 0 Å². The fourth-order valence-corrected chi connectivity index (χ4v) is 2.75. The number of benzene rings is 1. The number of nitrogens with zero attached hydrogens (tertiary/aromatic N) is 2. The van der Waals surface area contributed by atoms with Crippen LogP contribution in [-0.2, 0) is 11.3 Å². The molecule has 0 spiro atoms. The van der Waals surface area contributed by atoms with E-state index in [1.807, 2.05) is 11.7 Å². The fraction of sp³-hybridized carbons (Fsp3) is 0.357. The van der Waals surface area contributed by atoms with Gasteiger partial charge in [0.2, 0.25) is 0 Å². The smallest absolute Gasteiger partial charge is 0.0794 e. The highest BCUT2D eigenvalue weighted by molar-refractivity contribution is 7.09. The molecule has 1 N–H and O–H groups in total. The van der Waals surface area contributed by atoms with Crippen LogP contribution in [0.1, 0.15) is 4.88 Å². The first-order valence-corrected chi connectivity index (χ1v) is 7.34. The predicted molar refractivity (Wildman–Crippen MR) is 78.9 cm³/mol. The highest BCUT2D eigenvalue weighted by Crippen LogP contribution is 2.27. The molecule has 3 rings (SSSR count). The van der Waals surface area contributed by atoms with Crippen molar-refractivity contribution in [3.63, 3.8) is 0 Å². The number of para-hydroxylation sites is 2. The molecule has 19 heavy (non-hydrogen) atoms. The second-order valence-electron chi connectivity index (χ2n) is 4.44. The van der Waals surface area contributed by atoms with Crippen LogP contribution >= 0.6 is 11.3 Å². The minimum Gasteiger partial charge on any atom is -0.378 e. The van der Waals surface area contributed by atoms with Crippen LogP contribution in [0.3, 0.4) is 0 Å². The minimum absolute atomic E-state index is 0.809. The van der Waals surface area contributed by atoms with E-state index in [0.29, 0.717) is 0 Å². The molecule has 1 aliphatic heterocycles. The zero-order chi connectivity index (χ0) is 12.9. The molecular weight excluding hydrogens is 258 g/mol. The molecule has 2 heterocycles. The molecule has 2 aromatic rings. The van der Waals surface area contributed by atoms with Gasteiger partial charge < -0.3 is 15.0 Å². The summed E-state index contributed by atoms with van der Waals surface area (Å²) in [5.41, 5.74) is 4.30. The number of nitrogens with one attached hydrogen (secondary N) is 1. The van der Waals surface area contributed by atoms with Gasteiger partial charge in [-0.25, -0.2) is 0 Å². The van der Waals surface area contributed by atoms with E-state index in [9.17, 15) is 0 Å². The average molecular weight is 275 g/mol. The van der Waals surface area contributed by atoms with Crippen LogP contribution in [0.15, 0.2) is 36.0 Å². The summed E-state index contributed by atoms with van der Waals surface area (Å²) in [7, 11) is 0. The maximum absolute atomic E-state index is 5.41. The molecule has 1 saturated heterocycles. The third-order valence-electron chi connectivity index (χ3n) is 3.19. The highest BCUT2D eigenvalue weighted by atomic mass is 32.1. The summed E-state index contributed by atoms with van der Waals surface area (Å²) in [6.45, 7) is 4.36. The van der Waals surface area contributed by atoms with Crippen molar-refractivity contribution in [2.75, 3.05) is 36.5 Å². The van der Waals surface area contributed by atoms with Crippen LogP contribution in [0, 0.1) is 0 Å². The topological polar surface area (TPSA) is 37.4 Å². The summed E-state index contributed by atoms with van der Waals surface area (Å²) in [5.74, 6) is 0. The van der Waals surface area contributed by atoms with Crippen molar-refractivity contribution in [2.45, 2.75) is 6.54 Å². The molecule has 1 aliphatic rings. The van der Waals surface area contributed by atoms with E-state index in [0.717, 1.165) is 32.8 Å². The maximum Gasteiger partial charge on any atom is 0.0794 e. The van der Waals surface area contributed by atoms with Crippen LogP contribution in [0.4, 0.5) is 11.4 Å². The summed E-state index contributed by atoms with van der Waals surface area (Å²) < 4.78 is 5.41. The van der Waals surface area contributed by atoms with Crippen molar-refractivity contribution in [2.24, 2.45) is 0 Å². The van der Waals surface area contributed by atoms with Crippen LogP contribution in [-0.4, -0.2) is 31.3 Å². The van der Waals surface area contributed by atoms with Gasteiger partial charge in [0.05, 0.1) is 36.6 Å². The minimum atomic E-state index is 0.809. The Morgan fingerprint density at radius 3 is 2.89 bits per heavy atom. The summed E-state index contributed by atoms with van der Waals surface area (Å²) in [4.78, 5) is 7.72. The lowest BCUT2D eigenvalue weighted by atomic mass is 10.2. The van der Waals surface area contributed by atoms with Gasteiger partial charge in [-0.15, -0.1) is 11.3 Å². The number of rotatable bonds is 4. The van der Waals surface area contributed by atoms with Crippen molar-refractivity contribution in [3.05, 3.63) is 40.8 Å². The van der Waals surface area contributed by atoms with Crippen LogP contribution in [0.5, 0.6) is 0 Å². The van der Waals surface area contributed by atoms with Crippen molar-refractivity contribution in [3.8, 4) is 0 Å². The molecule has 0 atom stereocenters. The van der Waals surface area contributed by atoms with Gasteiger partial charge in [-0.1, -0.05) is 12.1 Å². The highest BCUT2D eigenvalue weighted by Gasteiger charge is 2.14. The molecule has 1 fully saturated rings.